The smallest absolute Gasteiger partial charge is 0.288 e. The van der Waals surface area contributed by atoms with Gasteiger partial charge >= 0.3 is 0 Å². The van der Waals surface area contributed by atoms with Crippen molar-refractivity contribution in [2.45, 2.75) is 133 Å². The molecule has 0 spiro atoms. The molecule has 0 N–H and O–H groups in total. The molecule has 2 aliphatic heterocycles. The second kappa shape index (κ2) is 14.2. The van der Waals surface area contributed by atoms with Crippen molar-refractivity contribution in [1.82, 2.24) is 4.90 Å². The summed E-state index contributed by atoms with van der Waals surface area (Å²) in [7, 11) is 0. The van der Waals surface area contributed by atoms with Crippen molar-refractivity contribution >= 4 is 29.0 Å². The molecule has 3 aliphatic carbocycles. The third-order valence-electron chi connectivity index (χ3n) is 14.3. The van der Waals surface area contributed by atoms with Gasteiger partial charge in [0.25, 0.3) is 6.71 Å². The second-order valence-electron chi connectivity index (χ2n) is 21.1. The summed E-state index contributed by atoms with van der Waals surface area (Å²) in [4.78, 5) is 5.07. The Balaban J connectivity index is 1.46. The summed E-state index contributed by atoms with van der Waals surface area (Å²) in [5, 5.41) is 1.17. The van der Waals surface area contributed by atoms with Crippen LogP contribution in [0.15, 0.2) is 130 Å². The molecule has 7 rings (SSSR count). The molecule has 0 bridgehead atoms. The normalized spacial score (nSPS) is 26.6. The summed E-state index contributed by atoms with van der Waals surface area (Å²) in [5.41, 5.74) is 13.9. The highest BCUT2D eigenvalue weighted by Gasteiger charge is 2.49. The molecule has 4 heteroatoms. The van der Waals surface area contributed by atoms with Gasteiger partial charge in [-0.15, -0.1) is 13.2 Å². The number of fused-ring (bicyclic) bond motifs is 6. The molecule has 3 nitrogen and oxygen atoms in total. The molecule has 2 aromatic rings. The molecule has 1 aromatic carbocycles. The number of nitrogens with zero attached hydrogens (tertiary/aromatic N) is 2. The fourth-order valence-corrected chi connectivity index (χ4v) is 10.5. The van der Waals surface area contributed by atoms with Gasteiger partial charge in [0.2, 0.25) is 0 Å². The van der Waals surface area contributed by atoms with Crippen LogP contribution in [-0.4, -0.2) is 17.7 Å². The highest BCUT2D eigenvalue weighted by molar-refractivity contribution is 6.86. The zero-order valence-electron chi connectivity index (χ0n) is 36.9. The van der Waals surface area contributed by atoms with Gasteiger partial charge in [-0.2, -0.15) is 0 Å². The Labute approximate surface area is 340 Å². The third kappa shape index (κ3) is 7.02. The first-order valence-electron chi connectivity index (χ1n) is 21.5. The first-order valence-corrected chi connectivity index (χ1v) is 21.5. The van der Waals surface area contributed by atoms with Gasteiger partial charge < -0.3 is 14.2 Å². The van der Waals surface area contributed by atoms with Crippen LogP contribution in [0, 0.1) is 34.0 Å². The van der Waals surface area contributed by atoms with Crippen molar-refractivity contribution in [3.63, 3.8) is 0 Å². The van der Waals surface area contributed by atoms with E-state index in [0.29, 0.717) is 17.8 Å². The minimum Gasteiger partial charge on any atom is -0.468 e. The van der Waals surface area contributed by atoms with Gasteiger partial charge in [-0.25, -0.2) is 0 Å². The van der Waals surface area contributed by atoms with E-state index in [-0.39, 0.29) is 34.4 Å². The van der Waals surface area contributed by atoms with Gasteiger partial charge in [0.15, 0.2) is 0 Å². The van der Waals surface area contributed by atoms with E-state index in [0.717, 1.165) is 29.7 Å². The molecule has 1 fully saturated rings. The molecule has 4 atom stereocenters. The van der Waals surface area contributed by atoms with Crippen LogP contribution in [0.5, 0.6) is 0 Å². The number of furan rings is 1. The maximum absolute atomic E-state index is 7.08. The van der Waals surface area contributed by atoms with E-state index in [1.54, 1.807) is 0 Å². The Morgan fingerprint density at radius 1 is 1.00 bits per heavy atom. The topological polar surface area (TPSA) is 19.6 Å². The van der Waals surface area contributed by atoms with Gasteiger partial charge in [-0.3, -0.25) is 0 Å². The predicted octanol–water partition coefficient (Wildman–Crippen LogP) is 13.7. The van der Waals surface area contributed by atoms with Crippen molar-refractivity contribution in [3.8, 4) is 0 Å². The summed E-state index contributed by atoms with van der Waals surface area (Å²) in [5.74, 6) is 3.97. The summed E-state index contributed by atoms with van der Waals surface area (Å²) in [6.45, 7) is 41.7. The summed E-state index contributed by atoms with van der Waals surface area (Å²) < 4.78 is 7.08. The van der Waals surface area contributed by atoms with E-state index in [1.807, 2.05) is 0 Å². The van der Waals surface area contributed by atoms with Crippen molar-refractivity contribution in [2.75, 3.05) is 4.90 Å². The first kappa shape index (κ1) is 40.3. The van der Waals surface area contributed by atoms with Crippen LogP contribution < -0.4 is 10.6 Å². The molecule has 1 saturated carbocycles. The van der Waals surface area contributed by atoms with Gasteiger partial charge in [-0.05, 0) is 127 Å². The van der Waals surface area contributed by atoms with E-state index < -0.39 is 0 Å². The Morgan fingerprint density at radius 2 is 1.68 bits per heavy atom. The van der Waals surface area contributed by atoms with E-state index in [2.05, 4.69) is 179 Å². The van der Waals surface area contributed by atoms with Gasteiger partial charge in [0.05, 0.1) is 17.4 Å². The quantitative estimate of drug-likeness (QED) is 0.198. The molecule has 0 radical (unpaired) electrons. The van der Waals surface area contributed by atoms with Crippen LogP contribution in [0.4, 0.5) is 5.69 Å². The average molecular weight is 749 g/mol. The SMILES string of the molecule is C=CCC1=CC2C(C=C1N1C=C3B(C=C1C)c1oc4ccc(C(C)(C)C)cc4c1N(C(C=C)CC1=CC(C)CCC1(C)C)/C3=C/C(=C)C)C(C)(C)CCC2(C)C. The van der Waals surface area contributed by atoms with Gasteiger partial charge in [0.1, 0.15) is 5.58 Å². The van der Waals surface area contributed by atoms with Crippen molar-refractivity contribution in [2.24, 2.45) is 34.0 Å². The zero-order chi connectivity index (χ0) is 40.7. The lowest BCUT2D eigenvalue weighted by molar-refractivity contribution is 0.0311. The Morgan fingerprint density at radius 3 is 2.30 bits per heavy atom. The Kier molecular flexibility index (Phi) is 10.2. The molecule has 1 aromatic heterocycles. The average Bonchev–Trinajstić information content (AvgIpc) is 3.49. The number of benzene rings is 1. The van der Waals surface area contributed by atoms with E-state index in [1.165, 1.54) is 76.0 Å². The molecule has 296 valence electrons. The highest BCUT2D eigenvalue weighted by atomic mass is 16.3. The Hall–Kier alpha value is -3.92. The monoisotopic (exact) mass is 749 g/mol. The van der Waals surface area contributed by atoms with Crippen LogP contribution in [0.25, 0.3) is 11.0 Å². The highest BCUT2D eigenvalue weighted by Crippen LogP contribution is 2.57. The van der Waals surface area contributed by atoms with E-state index in [4.69, 9.17) is 4.42 Å². The van der Waals surface area contributed by atoms with Crippen LogP contribution in [0.1, 0.15) is 127 Å². The van der Waals surface area contributed by atoms with E-state index >= 15 is 0 Å². The molecular formula is C52H69BN2O. The molecule has 0 saturated heterocycles. The molecule has 56 heavy (non-hydrogen) atoms. The number of allylic oxidation sites excluding steroid dienone is 9. The van der Waals surface area contributed by atoms with Crippen molar-refractivity contribution < 1.29 is 4.42 Å². The molecule has 5 aliphatic rings. The first-order chi connectivity index (χ1) is 26.2. The number of hydrogen-bond acceptors (Lipinski definition) is 3. The van der Waals surface area contributed by atoms with Gasteiger partial charge in [0, 0.05) is 28.7 Å². The molecule has 0 amide bonds. The zero-order valence-corrected chi connectivity index (χ0v) is 36.9. The largest absolute Gasteiger partial charge is 0.468 e. The lowest BCUT2D eigenvalue weighted by atomic mass is 9.39. The maximum Gasteiger partial charge on any atom is 0.288 e. The molecule has 3 heterocycles. The van der Waals surface area contributed by atoms with Crippen LogP contribution in [0.3, 0.4) is 0 Å². The molecular weight excluding hydrogens is 679 g/mol. The fraction of sp³-hybridized carbons (Fsp3) is 0.500. The maximum atomic E-state index is 7.08. The standard InChI is InChI=1S/C52H69BN2O/c1-16-18-36-27-41-42(52(14,15)24-23-51(41,12)13)30-44(36)54-32-43-45(25-33(3)4)55(39(17-2)28-38-26-34(5)21-22-50(38,10)11)47-40-29-37(49(7,8)9)19-20-46(40)56-48(47)53(43)31-35(54)6/h16-17,19-20,25-27,29-32,34,39,41-42H,1-3,18,21-24,28H2,4-15H3/b45-25+. The van der Waals surface area contributed by atoms with E-state index in [9.17, 15) is 0 Å². The van der Waals surface area contributed by atoms with Crippen molar-refractivity contribution in [3.05, 3.63) is 131 Å². The summed E-state index contributed by atoms with van der Waals surface area (Å²) >= 11 is 0. The summed E-state index contributed by atoms with van der Waals surface area (Å²) in [6.07, 6.45) is 23.5. The van der Waals surface area contributed by atoms with Gasteiger partial charge in [-0.1, -0.05) is 129 Å². The minimum atomic E-state index is -0.0433. The number of hydrogen-bond donors (Lipinski definition) is 0. The molecule has 4 unspecified atom stereocenters. The number of anilines is 1. The minimum absolute atomic E-state index is 0.00246. The lowest BCUT2D eigenvalue weighted by Gasteiger charge is -2.53. The predicted molar refractivity (Wildman–Crippen MR) is 243 cm³/mol. The second-order valence-corrected chi connectivity index (χ2v) is 21.1. The lowest BCUT2D eigenvalue weighted by Crippen LogP contribution is -2.50. The van der Waals surface area contributed by atoms with Crippen molar-refractivity contribution in [1.29, 1.82) is 0 Å². The fourth-order valence-electron chi connectivity index (χ4n) is 10.5. The number of rotatable bonds is 8. The van der Waals surface area contributed by atoms with Crippen LogP contribution in [0.2, 0.25) is 0 Å². The summed E-state index contributed by atoms with van der Waals surface area (Å²) in [6, 6.07) is 6.84. The Bertz CT molecular complexity index is 2150. The van der Waals surface area contributed by atoms with Crippen LogP contribution in [-0.2, 0) is 5.41 Å². The van der Waals surface area contributed by atoms with Crippen LogP contribution >= 0.6 is 0 Å². The third-order valence-corrected chi connectivity index (χ3v) is 14.3.